The number of β-lactam (4-membered cyclic amide) rings is 1. The van der Waals surface area contributed by atoms with Crippen LogP contribution in [0.1, 0.15) is 0 Å². The van der Waals surface area contributed by atoms with Gasteiger partial charge in [0.1, 0.15) is 10.2 Å². The monoisotopic (exact) mass is 271 g/mol. The van der Waals surface area contributed by atoms with Crippen molar-refractivity contribution in [3.8, 4) is 0 Å². The standard InChI is InChI=1S/C6H4BrNO3S.Na/c7-3-4(9)8-2(6(10)11)1-12-5(3)8;/h1,3,5H,(H,10,11);/q;+1/p-1/t3-,5-;/m1./s1. The Morgan fingerprint density at radius 3 is 2.85 bits per heavy atom. The third kappa shape index (κ3) is 1.59. The summed E-state index contributed by atoms with van der Waals surface area (Å²) in [5, 5.41) is 11.8. The van der Waals surface area contributed by atoms with Gasteiger partial charge in [-0.15, -0.1) is 11.8 Å². The van der Waals surface area contributed by atoms with Crippen LogP contribution in [0.3, 0.4) is 0 Å². The smallest absolute Gasteiger partial charge is 0.543 e. The molecular formula is C6H3BrNNaO3S. The van der Waals surface area contributed by atoms with Gasteiger partial charge in [0.05, 0.1) is 11.7 Å². The van der Waals surface area contributed by atoms with E-state index in [0.29, 0.717) is 0 Å². The van der Waals surface area contributed by atoms with Gasteiger partial charge in [-0.05, 0) is 5.41 Å². The molecular weight excluding hydrogens is 269 g/mol. The van der Waals surface area contributed by atoms with Crippen LogP contribution in [0.5, 0.6) is 0 Å². The van der Waals surface area contributed by atoms with E-state index in [1.54, 1.807) is 0 Å². The van der Waals surface area contributed by atoms with Crippen molar-refractivity contribution in [1.82, 2.24) is 4.90 Å². The van der Waals surface area contributed by atoms with E-state index in [4.69, 9.17) is 0 Å². The number of nitrogens with zero attached hydrogens (tertiary/aromatic N) is 1. The normalized spacial score (nSPS) is 30.1. The summed E-state index contributed by atoms with van der Waals surface area (Å²) < 4.78 is 0. The maximum Gasteiger partial charge on any atom is 1.00 e. The van der Waals surface area contributed by atoms with Crippen molar-refractivity contribution in [3.05, 3.63) is 11.1 Å². The summed E-state index contributed by atoms with van der Waals surface area (Å²) in [7, 11) is 0. The van der Waals surface area contributed by atoms with E-state index >= 15 is 0 Å². The van der Waals surface area contributed by atoms with Gasteiger partial charge in [-0.3, -0.25) is 9.69 Å². The van der Waals surface area contributed by atoms with Gasteiger partial charge in [0.25, 0.3) is 0 Å². The molecule has 1 fully saturated rings. The topological polar surface area (TPSA) is 60.4 Å². The van der Waals surface area contributed by atoms with Crippen molar-refractivity contribution >= 4 is 39.6 Å². The number of amides is 1. The first kappa shape index (κ1) is 11.6. The van der Waals surface area contributed by atoms with Crippen LogP contribution in [-0.2, 0) is 9.59 Å². The van der Waals surface area contributed by atoms with E-state index in [-0.39, 0.29) is 51.4 Å². The van der Waals surface area contributed by atoms with Gasteiger partial charge in [0.2, 0.25) is 5.91 Å². The molecule has 0 aromatic heterocycles. The Kier molecular flexibility index (Phi) is 3.51. The van der Waals surface area contributed by atoms with Crippen LogP contribution < -0.4 is 34.7 Å². The van der Waals surface area contributed by atoms with E-state index in [1.165, 1.54) is 22.1 Å². The number of carbonyl (C=O) groups is 2. The van der Waals surface area contributed by atoms with E-state index < -0.39 is 5.97 Å². The largest absolute Gasteiger partial charge is 1.00 e. The summed E-state index contributed by atoms with van der Waals surface area (Å²) >= 11 is 4.47. The molecule has 0 N–H and O–H groups in total. The van der Waals surface area contributed by atoms with Crippen molar-refractivity contribution in [2.75, 3.05) is 0 Å². The SMILES string of the molecule is O=C([O-])C1=CS[C@@H]2[C@H](Br)C(=O)N12.[Na+]. The molecule has 0 saturated carbocycles. The van der Waals surface area contributed by atoms with E-state index in [9.17, 15) is 14.7 Å². The molecule has 0 bridgehead atoms. The Bertz CT molecular complexity index is 308. The maximum absolute atomic E-state index is 11.1. The number of hydrogen-bond donors (Lipinski definition) is 0. The quantitative estimate of drug-likeness (QED) is 0.280. The molecule has 2 heterocycles. The first-order chi connectivity index (χ1) is 5.63. The minimum Gasteiger partial charge on any atom is -0.543 e. The van der Waals surface area contributed by atoms with Gasteiger partial charge in [0.15, 0.2) is 0 Å². The second-order valence-corrected chi connectivity index (χ2v) is 4.40. The van der Waals surface area contributed by atoms with E-state index in [0.717, 1.165) is 0 Å². The number of carboxylic acids is 1. The fourth-order valence-corrected chi connectivity index (χ4v) is 3.05. The number of rotatable bonds is 1. The van der Waals surface area contributed by atoms with Crippen LogP contribution in [0.2, 0.25) is 0 Å². The maximum atomic E-state index is 11.1. The molecule has 0 aromatic carbocycles. The van der Waals surface area contributed by atoms with Gasteiger partial charge in [-0.1, -0.05) is 15.9 Å². The zero-order valence-corrected chi connectivity index (χ0v) is 11.1. The van der Waals surface area contributed by atoms with Crippen LogP contribution in [-0.4, -0.2) is 27.0 Å². The number of carboxylic acid groups (broad SMARTS) is 1. The Labute approximate surface area is 109 Å². The molecule has 13 heavy (non-hydrogen) atoms. The number of alkyl halides is 1. The zero-order chi connectivity index (χ0) is 8.88. The molecule has 4 nitrogen and oxygen atoms in total. The third-order valence-electron chi connectivity index (χ3n) is 1.77. The van der Waals surface area contributed by atoms with Crippen molar-refractivity contribution in [3.63, 3.8) is 0 Å². The minimum atomic E-state index is -1.29. The number of carbonyl (C=O) groups excluding carboxylic acids is 2. The molecule has 1 amide bonds. The molecule has 0 spiro atoms. The Balaban J connectivity index is 0.000000845. The Morgan fingerprint density at radius 1 is 1.69 bits per heavy atom. The number of aliphatic carboxylic acids is 1. The van der Waals surface area contributed by atoms with E-state index in [2.05, 4.69) is 15.9 Å². The van der Waals surface area contributed by atoms with Crippen LogP contribution in [0.4, 0.5) is 0 Å². The number of thioether (sulfide) groups is 1. The molecule has 2 atom stereocenters. The van der Waals surface area contributed by atoms with E-state index in [1.807, 2.05) is 0 Å². The average Bonchev–Trinajstić information content (AvgIpc) is 2.43. The molecule has 1 saturated heterocycles. The Morgan fingerprint density at radius 2 is 2.31 bits per heavy atom. The molecule has 0 aliphatic carbocycles. The molecule has 0 unspecified atom stereocenters. The van der Waals surface area contributed by atoms with Gasteiger partial charge in [-0.25, -0.2) is 0 Å². The second-order valence-electron chi connectivity index (χ2n) is 2.43. The first-order valence-corrected chi connectivity index (χ1v) is 5.03. The summed E-state index contributed by atoms with van der Waals surface area (Å²) in [5.41, 5.74) is -0.0225. The van der Waals surface area contributed by atoms with Gasteiger partial charge < -0.3 is 9.90 Å². The molecule has 2 aliphatic heterocycles. The summed E-state index contributed by atoms with van der Waals surface area (Å²) in [6, 6.07) is 0. The molecule has 7 heteroatoms. The van der Waals surface area contributed by atoms with Crippen LogP contribution in [0, 0.1) is 0 Å². The van der Waals surface area contributed by atoms with Crippen LogP contribution in [0.15, 0.2) is 11.1 Å². The number of halogens is 1. The molecule has 0 aromatic rings. The summed E-state index contributed by atoms with van der Waals surface area (Å²) in [4.78, 5) is 22.5. The second kappa shape index (κ2) is 3.94. The summed E-state index contributed by atoms with van der Waals surface area (Å²) in [6.07, 6.45) is 0. The van der Waals surface area contributed by atoms with Crippen molar-refractivity contribution < 1.29 is 44.3 Å². The number of hydrogen-bond acceptors (Lipinski definition) is 4. The van der Waals surface area contributed by atoms with Crippen LogP contribution >= 0.6 is 27.7 Å². The van der Waals surface area contributed by atoms with Crippen molar-refractivity contribution in [2.24, 2.45) is 0 Å². The zero-order valence-electron chi connectivity index (χ0n) is 6.69. The van der Waals surface area contributed by atoms with Gasteiger partial charge in [-0.2, -0.15) is 0 Å². The predicted octanol–water partition coefficient (Wildman–Crippen LogP) is -3.74. The Hall–Kier alpha value is 0.510. The molecule has 0 radical (unpaired) electrons. The predicted molar refractivity (Wildman–Crippen MR) is 44.0 cm³/mol. The van der Waals surface area contributed by atoms with Gasteiger partial charge >= 0.3 is 29.6 Å². The van der Waals surface area contributed by atoms with Crippen molar-refractivity contribution in [2.45, 2.75) is 10.2 Å². The summed E-state index contributed by atoms with van der Waals surface area (Å²) in [5.74, 6) is -1.50. The molecule has 2 rings (SSSR count). The third-order valence-corrected chi connectivity index (χ3v) is 4.13. The van der Waals surface area contributed by atoms with Crippen molar-refractivity contribution in [1.29, 1.82) is 0 Å². The minimum absolute atomic E-state index is 0. The van der Waals surface area contributed by atoms with Crippen LogP contribution in [0.25, 0.3) is 0 Å². The molecule has 64 valence electrons. The van der Waals surface area contributed by atoms with Gasteiger partial charge in [0, 0.05) is 0 Å². The average molecular weight is 272 g/mol. The summed E-state index contributed by atoms with van der Waals surface area (Å²) in [6.45, 7) is 0. The molecule has 2 aliphatic rings. The fraction of sp³-hybridized carbons (Fsp3) is 0.333. The number of fused-ring (bicyclic) bond motifs is 1. The fourth-order valence-electron chi connectivity index (χ4n) is 1.15. The first-order valence-electron chi connectivity index (χ1n) is 3.17.